The maximum Gasteiger partial charge on any atom is 0.347 e. The lowest BCUT2D eigenvalue weighted by atomic mass is 9.97. The van der Waals surface area contributed by atoms with E-state index in [1.54, 1.807) is 19.2 Å². The van der Waals surface area contributed by atoms with Crippen molar-refractivity contribution in [1.29, 1.82) is 0 Å². The number of hydrogen-bond acceptors (Lipinski definition) is 5. The molecule has 1 atom stereocenters. The molecule has 0 radical (unpaired) electrons. The van der Waals surface area contributed by atoms with E-state index in [4.69, 9.17) is 14.2 Å². The first kappa shape index (κ1) is 22.2. The third-order valence-electron chi connectivity index (χ3n) is 5.77. The molecule has 1 fully saturated rings. The number of hydrogen-bond donors (Lipinski definition) is 0. The van der Waals surface area contributed by atoms with Crippen LogP contribution in [0.25, 0.3) is 0 Å². The number of nitrogens with zero attached hydrogens (tertiary/aromatic N) is 1. The molecule has 1 aliphatic rings. The average molecular weight is 412 g/mol. The lowest BCUT2D eigenvalue weighted by Crippen LogP contribution is -2.24. The third-order valence-corrected chi connectivity index (χ3v) is 5.77. The Hall–Kier alpha value is -2.53. The molecule has 3 rings (SSSR count). The Bertz CT molecular complexity index is 844. The van der Waals surface area contributed by atoms with Gasteiger partial charge in [-0.15, -0.1) is 0 Å². The van der Waals surface area contributed by atoms with Crippen molar-refractivity contribution in [1.82, 2.24) is 4.90 Å². The van der Waals surface area contributed by atoms with E-state index in [0.717, 1.165) is 42.8 Å². The van der Waals surface area contributed by atoms with E-state index >= 15 is 0 Å². The minimum Gasteiger partial charge on any atom is -0.496 e. The van der Waals surface area contributed by atoms with Crippen LogP contribution in [0.4, 0.5) is 0 Å². The van der Waals surface area contributed by atoms with Gasteiger partial charge in [0.25, 0.3) is 0 Å². The Morgan fingerprint density at radius 1 is 1.17 bits per heavy atom. The van der Waals surface area contributed by atoms with E-state index in [9.17, 15) is 4.79 Å². The third kappa shape index (κ3) is 4.96. The molecule has 30 heavy (non-hydrogen) atoms. The number of carbonyl (C=O) groups excluding carboxylic acids is 1. The number of rotatable bonds is 9. The molecule has 0 aliphatic carbocycles. The summed E-state index contributed by atoms with van der Waals surface area (Å²) in [6, 6.07) is 11.3. The van der Waals surface area contributed by atoms with Crippen molar-refractivity contribution in [2.45, 2.75) is 52.5 Å². The zero-order valence-electron chi connectivity index (χ0n) is 18.6. The van der Waals surface area contributed by atoms with Gasteiger partial charge in [0.1, 0.15) is 22.8 Å². The fourth-order valence-electron chi connectivity index (χ4n) is 4.04. The number of likely N-dealkylation sites (tertiary alicyclic amines) is 1. The summed E-state index contributed by atoms with van der Waals surface area (Å²) in [5.74, 6) is 1.39. The van der Waals surface area contributed by atoms with Crippen molar-refractivity contribution in [3.8, 4) is 17.2 Å². The quantitative estimate of drug-likeness (QED) is 0.307. The number of unbranched alkanes of at least 4 members (excludes halogenated alkanes) is 1. The second-order valence-corrected chi connectivity index (χ2v) is 7.82. The average Bonchev–Trinajstić information content (AvgIpc) is 3.28. The number of esters is 1. The van der Waals surface area contributed by atoms with Crippen molar-refractivity contribution >= 4 is 5.97 Å². The Labute approximate surface area is 179 Å². The standard InChI is InChI=1S/C25H33NO4/c1-5-6-16-29-22-17-21(19(3)26-14-10-11-15-26)24(28-4)18(2)23(22)25(27)30-20-12-8-7-9-13-20/h7-9,12-13,17,19H,5-6,10-11,14-16H2,1-4H3/t19-/m0/s1. The first-order chi connectivity index (χ1) is 14.6. The highest BCUT2D eigenvalue weighted by atomic mass is 16.5. The second kappa shape index (κ2) is 10.5. The summed E-state index contributed by atoms with van der Waals surface area (Å²) >= 11 is 0. The van der Waals surface area contributed by atoms with Gasteiger partial charge in [-0.25, -0.2) is 4.79 Å². The molecule has 1 heterocycles. The summed E-state index contributed by atoms with van der Waals surface area (Å²) in [7, 11) is 1.66. The molecule has 5 heteroatoms. The van der Waals surface area contributed by atoms with Crippen LogP contribution in [0.1, 0.15) is 67.1 Å². The monoisotopic (exact) mass is 411 g/mol. The predicted molar refractivity (Wildman–Crippen MR) is 119 cm³/mol. The Balaban J connectivity index is 2.01. The summed E-state index contributed by atoms with van der Waals surface area (Å²) in [5, 5.41) is 0. The van der Waals surface area contributed by atoms with Crippen LogP contribution >= 0.6 is 0 Å². The number of carbonyl (C=O) groups is 1. The van der Waals surface area contributed by atoms with Crippen LogP contribution in [-0.4, -0.2) is 37.7 Å². The molecule has 0 unspecified atom stereocenters. The van der Waals surface area contributed by atoms with Crippen LogP contribution in [-0.2, 0) is 0 Å². The zero-order chi connectivity index (χ0) is 21.5. The molecular formula is C25H33NO4. The molecule has 162 valence electrons. The van der Waals surface area contributed by atoms with Gasteiger partial charge in [-0.2, -0.15) is 0 Å². The summed E-state index contributed by atoms with van der Waals surface area (Å²) in [5.41, 5.74) is 2.25. The highest BCUT2D eigenvalue weighted by Gasteiger charge is 2.29. The Kier molecular flexibility index (Phi) is 7.75. The number of benzene rings is 2. The van der Waals surface area contributed by atoms with Gasteiger partial charge >= 0.3 is 5.97 Å². The van der Waals surface area contributed by atoms with E-state index in [1.165, 1.54) is 12.8 Å². The van der Waals surface area contributed by atoms with Gasteiger partial charge < -0.3 is 14.2 Å². The fourth-order valence-corrected chi connectivity index (χ4v) is 4.04. The second-order valence-electron chi connectivity index (χ2n) is 7.82. The van der Waals surface area contributed by atoms with Gasteiger partial charge in [0.05, 0.1) is 13.7 Å². The Morgan fingerprint density at radius 3 is 2.50 bits per heavy atom. The topological polar surface area (TPSA) is 48.0 Å². The van der Waals surface area contributed by atoms with Crippen LogP contribution in [0.5, 0.6) is 17.2 Å². The molecular weight excluding hydrogens is 378 g/mol. The number of ether oxygens (including phenoxy) is 3. The molecule has 0 saturated carbocycles. The predicted octanol–water partition coefficient (Wildman–Crippen LogP) is 5.56. The molecule has 1 aliphatic heterocycles. The first-order valence-electron chi connectivity index (χ1n) is 10.9. The fraction of sp³-hybridized carbons (Fsp3) is 0.480. The molecule has 2 aromatic carbocycles. The first-order valence-corrected chi connectivity index (χ1v) is 10.9. The lowest BCUT2D eigenvalue weighted by Gasteiger charge is -2.28. The van der Waals surface area contributed by atoms with Gasteiger partial charge in [0.2, 0.25) is 0 Å². The van der Waals surface area contributed by atoms with Crippen LogP contribution in [0.2, 0.25) is 0 Å². The molecule has 5 nitrogen and oxygen atoms in total. The van der Waals surface area contributed by atoms with Crippen LogP contribution < -0.4 is 14.2 Å². The normalized spacial score (nSPS) is 15.1. The summed E-state index contributed by atoms with van der Waals surface area (Å²) in [6.45, 7) is 8.94. The molecule has 0 bridgehead atoms. The highest BCUT2D eigenvalue weighted by molar-refractivity contribution is 5.96. The molecule has 0 spiro atoms. The van der Waals surface area contributed by atoms with Crippen LogP contribution in [0.15, 0.2) is 36.4 Å². The summed E-state index contributed by atoms with van der Waals surface area (Å²) in [6.07, 6.45) is 4.38. The molecule has 1 saturated heterocycles. The van der Waals surface area contributed by atoms with Crippen LogP contribution in [0, 0.1) is 6.92 Å². The minimum atomic E-state index is -0.427. The molecule has 2 aromatic rings. The van der Waals surface area contributed by atoms with Crippen molar-refractivity contribution in [3.05, 3.63) is 53.1 Å². The zero-order valence-corrected chi connectivity index (χ0v) is 18.6. The van der Waals surface area contributed by atoms with E-state index < -0.39 is 5.97 Å². The number of para-hydroxylation sites is 1. The summed E-state index contributed by atoms with van der Waals surface area (Å²) in [4.78, 5) is 15.6. The van der Waals surface area contributed by atoms with Crippen molar-refractivity contribution < 1.29 is 19.0 Å². The van der Waals surface area contributed by atoms with Gasteiger partial charge in [-0.05, 0) is 64.4 Å². The van der Waals surface area contributed by atoms with Crippen molar-refractivity contribution in [2.75, 3.05) is 26.8 Å². The highest BCUT2D eigenvalue weighted by Crippen LogP contribution is 2.40. The van der Waals surface area contributed by atoms with Crippen molar-refractivity contribution in [2.24, 2.45) is 0 Å². The number of methoxy groups -OCH3 is 1. The maximum atomic E-state index is 13.1. The SMILES string of the molecule is CCCCOc1cc([C@H](C)N2CCCC2)c(OC)c(C)c1C(=O)Oc1ccccc1. The molecule has 0 amide bonds. The maximum absolute atomic E-state index is 13.1. The van der Waals surface area contributed by atoms with Gasteiger partial charge in [-0.3, -0.25) is 4.90 Å². The van der Waals surface area contributed by atoms with Gasteiger partial charge in [0.15, 0.2) is 0 Å². The van der Waals surface area contributed by atoms with E-state index in [0.29, 0.717) is 23.7 Å². The van der Waals surface area contributed by atoms with E-state index in [-0.39, 0.29) is 6.04 Å². The van der Waals surface area contributed by atoms with Gasteiger partial charge in [0, 0.05) is 17.2 Å². The Morgan fingerprint density at radius 2 is 1.87 bits per heavy atom. The minimum absolute atomic E-state index is 0.189. The van der Waals surface area contributed by atoms with Crippen molar-refractivity contribution in [3.63, 3.8) is 0 Å². The van der Waals surface area contributed by atoms with E-state index in [1.807, 2.05) is 31.2 Å². The largest absolute Gasteiger partial charge is 0.496 e. The van der Waals surface area contributed by atoms with Crippen LogP contribution in [0.3, 0.4) is 0 Å². The lowest BCUT2D eigenvalue weighted by molar-refractivity contribution is 0.0728. The molecule has 0 aromatic heterocycles. The summed E-state index contributed by atoms with van der Waals surface area (Å²) < 4.78 is 17.5. The smallest absolute Gasteiger partial charge is 0.347 e. The van der Waals surface area contributed by atoms with Gasteiger partial charge in [-0.1, -0.05) is 31.5 Å². The molecule has 0 N–H and O–H groups in total. The van der Waals surface area contributed by atoms with E-state index in [2.05, 4.69) is 18.7 Å².